The van der Waals surface area contributed by atoms with Crippen LogP contribution in [0.5, 0.6) is 0 Å². The summed E-state index contributed by atoms with van der Waals surface area (Å²) >= 11 is 0. The first-order valence-corrected chi connectivity index (χ1v) is 9.65. The van der Waals surface area contributed by atoms with Crippen molar-refractivity contribution in [3.63, 3.8) is 0 Å². The van der Waals surface area contributed by atoms with E-state index in [1.54, 1.807) is 23.4 Å². The number of amides is 1. The predicted octanol–water partition coefficient (Wildman–Crippen LogP) is 4.75. The normalized spacial score (nSPS) is 17.1. The highest BCUT2D eigenvalue weighted by Crippen LogP contribution is 2.51. The molecule has 0 unspecified atom stereocenters. The number of anilines is 1. The van der Waals surface area contributed by atoms with Crippen LogP contribution >= 0.6 is 0 Å². The van der Waals surface area contributed by atoms with E-state index in [1.807, 2.05) is 30.3 Å². The van der Waals surface area contributed by atoms with Crippen molar-refractivity contribution in [2.24, 2.45) is 0 Å². The van der Waals surface area contributed by atoms with E-state index >= 15 is 0 Å². The maximum absolute atomic E-state index is 14.8. The average Bonchev–Trinajstić information content (AvgIpc) is 3.34. The molecule has 5 heteroatoms. The minimum absolute atomic E-state index is 0.102. The van der Waals surface area contributed by atoms with Crippen molar-refractivity contribution >= 4 is 11.6 Å². The molecule has 2 aliphatic rings. The van der Waals surface area contributed by atoms with Crippen LogP contribution in [0.15, 0.2) is 61.2 Å². The lowest BCUT2D eigenvalue weighted by atomic mass is 9.80. The van der Waals surface area contributed by atoms with Crippen LogP contribution in [0.1, 0.15) is 41.6 Å². The minimum atomic E-state index is -0.249. The Morgan fingerprint density at radius 1 is 1.00 bits per heavy atom. The molecule has 1 amide bonds. The zero-order chi connectivity index (χ0) is 19.1. The van der Waals surface area contributed by atoms with Crippen molar-refractivity contribution in [2.45, 2.75) is 31.1 Å². The van der Waals surface area contributed by atoms with Crippen LogP contribution < -0.4 is 4.90 Å². The van der Waals surface area contributed by atoms with Crippen LogP contribution in [0.4, 0.5) is 10.1 Å². The van der Waals surface area contributed by atoms with Crippen molar-refractivity contribution in [1.29, 1.82) is 0 Å². The Morgan fingerprint density at radius 3 is 2.54 bits per heavy atom. The van der Waals surface area contributed by atoms with E-state index in [0.717, 1.165) is 42.4 Å². The zero-order valence-corrected chi connectivity index (χ0v) is 15.4. The maximum Gasteiger partial charge on any atom is 0.258 e. The van der Waals surface area contributed by atoms with Gasteiger partial charge >= 0.3 is 0 Å². The van der Waals surface area contributed by atoms with Crippen LogP contribution in [0.2, 0.25) is 0 Å². The SMILES string of the molecule is O=C(c1ccccc1-c1cncnc1)N1CC2(CCCC2)c2c(F)cccc21. The van der Waals surface area contributed by atoms with Crippen molar-refractivity contribution in [2.75, 3.05) is 11.4 Å². The first kappa shape index (κ1) is 17.0. The number of benzene rings is 2. The molecule has 1 spiro atoms. The summed E-state index contributed by atoms with van der Waals surface area (Å²) < 4.78 is 14.8. The van der Waals surface area contributed by atoms with Crippen molar-refractivity contribution < 1.29 is 9.18 Å². The molecule has 1 aliphatic carbocycles. The second kappa shape index (κ2) is 6.51. The summed E-state index contributed by atoms with van der Waals surface area (Å²) in [6, 6.07) is 12.6. The van der Waals surface area contributed by atoms with E-state index in [1.165, 1.54) is 12.4 Å². The molecule has 28 heavy (non-hydrogen) atoms. The Bertz CT molecular complexity index is 1040. The van der Waals surface area contributed by atoms with Crippen LogP contribution in [0.3, 0.4) is 0 Å². The summed E-state index contributed by atoms with van der Waals surface area (Å²) in [5.74, 6) is -0.297. The molecule has 1 aromatic heterocycles. The summed E-state index contributed by atoms with van der Waals surface area (Å²) in [6.45, 7) is 0.543. The van der Waals surface area contributed by atoms with Gasteiger partial charge in [-0.05, 0) is 36.6 Å². The first-order valence-electron chi connectivity index (χ1n) is 9.65. The Morgan fingerprint density at radius 2 is 1.75 bits per heavy atom. The highest BCUT2D eigenvalue weighted by atomic mass is 19.1. The molecule has 5 rings (SSSR count). The lowest BCUT2D eigenvalue weighted by Crippen LogP contribution is -2.35. The molecule has 2 heterocycles. The lowest BCUT2D eigenvalue weighted by Gasteiger charge is -2.25. The quantitative estimate of drug-likeness (QED) is 0.651. The van der Waals surface area contributed by atoms with Gasteiger partial charge in [0, 0.05) is 41.0 Å². The number of hydrogen-bond acceptors (Lipinski definition) is 3. The monoisotopic (exact) mass is 373 g/mol. The van der Waals surface area contributed by atoms with Gasteiger partial charge < -0.3 is 4.90 Å². The van der Waals surface area contributed by atoms with Gasteiger partial charge in [0.25, 0.3) is 5.91 Å². The summed E-state index contributed by atoms with van der Waals surface area (Å²) in [5.41, 5.74) is 3.36. The Kier molecular flexibility index (Phi) is 3.97. The molecule has 0 atom stereocenters. The number of nitrogens with zero attached hydrogens (tertiary/aromatic N) is 3. The van der Waals surface area contributed by atoms with Crippen molar-refractivity contribution in [3.05, 3.63) is 78.1 Å². The van der Waals surface area contributed by atoms with Gasteiger partial charge in [0.1, 0.15) is 12.1 Å². The number of carbonyl (C=O) groups is 1. The van der Waals surface area contributed by atoms with Crippen LogP contribution in [0, 0.1) is 5.82 Å². The number of rotatable bonds is 2. The van der Waals surface area contributed by atoms with Crippen LogP contribution in [-0.2, 0) is 5.41 Å². The van der Waals surface area contributed by atoms with Gasteiger partial charge in [0.05, 0.1) is 5.69 Å². The summed E-state index contributed by atoms with van der Waals surface area (Å²) in [4.78, 5) is 23.5. The smallest absolute Gasteiger partial charge is 0.258 e. The molecule has 140 valence electrons. The molecule has 4 nitrogen and oxygen atoms in total. The molecule has 0 bridgehead atoms. The maximum atomic E-state index is 14.8. The van der Waals surface area contributed by atoms with E-state index in [0.29, 0.717) is 17.8 Å². The number of halogens is 1. The fourth-order valence-electron chi connectivity index (χ4n) is 4.88. The molecular formula is C23H20FN3O. The fraction of sp³-hybridized carbons (Fsp3) is 0.261. The Labute approximate surface area is 163 Å². The number of aromatic nitrogens is 2. The zero-order valence-electron chi connectivity index (χ0n) is 15.4. The van der Waals surface area contributed by atoms with Gasteiger partial charge in [0.2, 0.25) is 0 Å². The van der Waals surface area contributed by atoms with Gasteiger partial charge in [-0.3, -0.25) is 4.79 Å². The minimum Gasteiger partial charge on any atom is -0.307 e. The van der Waals surface area contributed by atoms with E-state index in [9.17, 15) is 9.18 Å². The largest absolute Gasteiger partial charge is 0.307 e. The highest BCUT2D eigenvalue weighted by Gasteiger charge is 2.48. The molecule has 3 aromatic rings. The summed E-state index contributed by atoms with van der Waals surface area (Å²) in [6.07, 6.45) is 8.89. The van der Waals surface area contributed by atoms with Gasteiger partial charge in [-0.15, -0.1) is 0 Å². The third-order valence-corrected chi connectivity index (χ3v) is 6.11. The molecule has 1 aliphatic heterocycles. The molecule has 0 radical (unpaired) electrons. The number of hydrogen-bond donors (Lipinski definition) is 0. The molecule has 2 aromatic carbocycles. The molecular weight excluding hydrogens is 353 g/mol. The topological polar surface area (TPSA) is 46.1 Å². The van der Waals surface area contributed by atoms with Gasteiger partial charge in [-0.2, -0.15) is 0 Å². The van der Waals surface area contributed by atoms with E-state index in [4.69, 9.17) is 0 Å². The third kappa shape index (κ3) is 2.53. The molecule has 0 saturated heterocycles. The Hall–Kier alpha value is -3.08. The second-order valence-corrected chi connectivity index (χ2v) is 7.69. The second-order valence-electron chi connectivity index (χ2n) is 7.69. The van der Waals surface area contributed by atoms with E-state index in [2.05, 4.69) is 9.97 Å². The molecule has 1 fully saturated rings. The average molecular weight is 373 g/mol. The number of fused-ring (bicyclic) bond motifs is 2. The Balaban J connectivity index is 1.61. The standard InChI is InChI=1S/C23H20FN3O/c24-19-8-5-9-20-21(19)23(10-3-4-11-23)14-27(20)22(28)18-7-2-1-6-17(18)16-12-25-15-26-13-16/h1-2,5-9,12-13,15H,3-4,10-11,14H2. The first-order chi connectivity index (χ1) is 13.7. The highest BCUT2D eigenvalue weighted by molar-refractivity contribution is 6.11. The van der Waals surface area contributed by atoms with Crippen molar-refractivity contribution in [1.82, 2.24) is 9.97 Å². The fourth-order valence-corrected chi connectivity index (χ4v) is 4.88. The van der Waals surface area contributed by atoms with E-state index < -0.39 is 0 Å². The van der Waals surface area contributed by atoms with Crippen LogP contribution in [-0.4, -0.2) is 22.4 Å². The molecule has 0 N–H and O–H groups in total. The molecule has 1 saturated carbocycles. The predicted molar refractivity (Wildman–Crippen MR) is 106 cm³/mol. The third-order valence-electron chi connectivity index (χ3n) is 6.11. The van der Waals surface area contributed by atoms with Crippen LogP contribution in [0.25, 0.3) is 11.1 Å². The lowest BCUT2D eigenvalue weighted by molar-refractivity contribution is 0.0985. The number of carbonyl (C=O) groups excluding carboxylic acids is 1. The summed E-state index contributed by atoms with van der Waals surface area (Å²) in [5, 5.41) is 0. The van der Waals surface area contributed by atoms with Gasteiger partial charge in [-0.1, -0.05) is 37.1 Å². The van der Waals surface area contributed by atoms with Gasteiger partial charge in [0.15, 0.2) is 0 Å². The van der Waals surface area contributed by atoms with E-state index in [-0.39, 0.29) is 17.1 Å². The summed E-state index contributed by atoms with van der Waals surface area (Å²) in [7, 11) is 0. The van der Waals surface area contributed by atoms with Crippen molar-refractivity contribution in [3.8, 4) is 11.1 Å². The van der Waals surface area contributed by atoms with Gasteiger partial charge in [-0.25, -0.2) is 14.4 Å².